The van der Waals surface area contributed by atoms with E-state index in [-0.39, 0.29) is 6.10 Å². The van der Waals surface area contributed by atoms with Crippen LogP contribution in [-0.4, -0.2) is 57.2 Å². The van der Waals surface area contributed by atoms with Gasteiger partial charge in [0.1, 0.15) is 30.7 Å². The van der Waals surface area contributed by atoms with E-state index in [9.17, 15) is 4.79 Å². The van der Waals surface area contributed by atoms with Crippen molar-refractivity contribution in [2.24, 2.45) is 0 Å². The Morgan fingerprint density at radius 1 is 1.04 bits per heavy atom. The fourth-order valence-electron chi connectivity index (χ4n) is 3.70. The van der Waals surface area contributed by atoms with Crippen LogP contribution < -0.4 is 0 Å². The van der Waals surface area contributed by atoms with Crippen LogP contribution in [0.15, 0.2) is 0 Å². The van der Waals surface area contributed by atoms with Crippen molar-refractivity contribution < 1.29 is 28.2 Å². The number of carbonyl (C=O) groups excluding carboxylic acids is 1. The first-order valence-corrected chi connectivity index (χ1v) is 11.9. The molecule has 0 aliphatic carbocycles. The normalized spacial score (nSPS) is 32.7. The molecule has 2 aliphatic heterocycles. The third kappa shape index (κ3) is 4.70. The van der Waals surface area contributed by atoms with Gasteiger partial charge in [0.15, 0.2) is 19.9 Å². The summed E-state index contributed by atoms with van der Waals surface area (Å²) in [6, 6.07) is 2.92. The first kappa shape index (κ1) is 21.0. The predicted molar refractivity (Wildman–Crippen MR) is 96.9 cm³/mol. The van der Waals surface area contributed by atoms with Crippen molar-refractivity contribution in [3.8, 4) is 0 Å². The largest absolute Gasteiger partial charge is 0.404 e. The minimum Gasteiger partial charge on any atom is -0.404 e. The number of ether oxygens (including phenoxy) is 4. The zero-order chi connectivity index (χ0) is 18.9. The van der Waals surface area contributed by atoms with Gasteiger partial charge in [0, 0.05) is 0 Å². The Morgan fingerprint density at radius 2 is 1.64 bits per heavy atom. The van der Waals surface area contributed by atoms with E-state index in [2.05, 4.69) is 20.8 Å². The van der Waals surface area contributed by atoms with Crippen molar-refractivity contribution in [1.29, 1.82) is 0 Å². The van der Waals surface area contributed by atoms with E-state index in [1.807, 2.05) is 27.7 Å². The summed E-state index contributed by atoms with van der Waals surface area (Å²) in [4.78, 5) is 11.9. The number of rotatable bonds is 8. The van der Waals surface area contributed by atoms with E-state index in [0.29, 0.717) is 6.61 Å². The van der Waals surface area contributed by atoms with Crippen LogP contribution in [0.2, 0.25) is 18.1 Å². The zero-order valence-corrected chi connectivity index (χ0v) is 17.7. The molecule has 0 radical (unpaired) electrons. The Morgan fingerprint density at radius 3 is 2.08 bits per heavy atom. The lowest BCUT2D eigenvalue weighted by molar-refractivity contribution is -0.175. The van der Waals surface area contributed by atoms with Crippen molar-refractivity contribution in [2.75, 3.05) is 6.61 Å². The van der Waals surface area contributed by atoms with Gasteiger partial charge in [0.05, 0.1) is 6.61 Å². The molecule has 146 valence electrons. The highest BCUT2D eigenvalue weighted by molar-refractivity contribution is 6.73. The summed E-state index contributed by atoms with van der Waals surface area (Å²) in [5.74, 6) is -1.44. The fourth-order valence-corrected chi connectivity index (χ4v) is 6.46. The molecule has 25 heavy (non-hydrogen) atoms. The van der Waals surface area contributed by atoms with Crippen LogP contribution in [0, 0.1) is 0 Å². The molecule has 0 spiro atoms. The smallest absolute Gasteiger partial charge is 0.193 e. The van der Waals surface area contributed by atoms with Gasteiger partial charge in [0.2, 0.25) is 0 Å². The average molecular weight is 375 g/mol. The van der Waals surface area contributed by atoms with Gasteiger partial charge in [-0.25, -0.2) is 0 Å². The molecular formula is C18H34O6Si. The van der Waals surface area contributed by atoms with Crippen LogP contribution in [0.1, 0.15) is 48.5 Å². The highest BCUT2D eigenvalue weighted by Crippen LogP contribution is 2.38. The molecule has 0 saturated carbocycles. The molecule has 0 amide bonds. The second kappa shape index (κ2) is 7.74. The third-order valence-corrected chi connectivity index (χ3v) is 9.98. The highest BCUT2D eigenvalue weighted by Gasteiger charge is 2.53. The van der Waals surface area contributed by atoms with Gasteiger partial charge in [-0.05, 0) is 45.8 Å². The molecule has 0 aromatic carbocycles. The maximum Gasteiger partial charge on any atom is 0.193 e. The monoisotopic (exact) mass is 374 g/mol. The molecule has 0 N–H and O–H groups in total. The van der Waals surface area contributed by atoms with E-state index >= 15 is 0 Å². The number of hydrogen-bond acceptors (Lipinski definition) is 6. The first-order valence-electron chi connectivity index (χ1n) is 9.41. The molecule has 6 nitrogen and oxygen atoms in total. The molecule has 0 aromatic rings. The first-order chi connectivity index (χ1) is 11.6. The summed E-state index contributed by atoms with van der Waals surface area (Å²) in [5, 5.41) is 0. The predicted octanol–water partition coefficient (Wildman–Crippen LogP) is 3.25. The maximum atomic E-state index is 11.9. The van der Waals surface area contributed by atoms with Gasteiger partial charge in [-0.3, -0.25) is 0 Å². The van der Waals surface area contributed by atoms with E-state index < -0.39 is 38.2 Å². The topological polar surface area (TPSA) is 63.2 Å². The van der Waals surface area contributed by atoms with Crippen molar-refractivity contribution in [3.05, 3.63) is 0 Å². The van der Waals surface area contributed by atoms with Crippen LogP contribution in [0.5, 0.6) is 0 Å². The van der Waals surface area contributed by atoms with Gasteiger partial charge < -0.3 is 28.2 Å². The maximum absolute atomic E-state index is 11.9. The summed E-state index contributed by atoms with van der Waals surface area (Å²) in [7, 11) is -1.95. The van der Waals surface area contributed by atoms with Crippen molar-refractivity contribution in [3.63, 3.8) is 0 Å². The van der Waals surface area contributed by atoms with E-state index in [0.717, 1.165) is 24.4 Å². The molecule has 2 aliphatic rings. The lowest BCUT2D eigenvalue weighted by Gasteiger charge is -2.34. The molecule has 7 heteroatoms. The molecule has 0 aromatic heterocycles. The minimum absolute atomic E-state index is 0.284. The lowest BCUT2D eigenvalue weighted by Crippen LogP contribution is -2.50. The number of hydrogen-bond donors (Lipinski definition) is 0. The molecule has 0 unspecified atom stereocenters. The molecule has 0 bridgehead atoms. The Labute approximate surface area is 152 Å². The average Bonchev–Trinajstić information content (AvgIpc) is 3.08. The quantitative estimate of drug-likeness (QED) is 0.480. The Hall–Kier alpha value is -0.313. The molecule has 2 heterocycles. The van der Waals surface area contributed by atoms with Crippen molar-refractivity contribution in [1.82, 2.24) is 0 Å². The molecule has 2 saturated heterocycles. The van der Waals surface area contributed by atoms with Crippen LogP contribution >= 0.6 is 0 Å². The SMILES string of the molecule is CC[Si](CC)(CC)O[C@H](C=O)[C@H]1OC(C)(C)O[C@@H]1[C@@H]1COC(C)(C)O1. The summed E-state index contributed by atoms with van der Waals surface area (Å²) in [6.45, 7) is 14.3. The molecule has 4 atom stereocenters. The summed E-state index contributed by atoms with van der Waals surface area (Å²) < 4.78 is 30.2. The fraction of sp³-hybridized carbons (Fsp3) is 0.944. The van der Waals surface area contributed by atoms with Crippen LogP contribution in [-0.2, 0) is 28.2 Å². The molecular weight excluding hydrogens is 340 g/mol. The second-order valence-corrected chi connectivity index (χ2v) is 12.6. The van der Waals surface area contributed by atoms with Gasteiger partial charge in [-0.1, -0.05) is 20.8 Å². The van der Waals surface area contributed by atoms with E-state index in [1.165, 1.54) is 0 Å². The Balaban J connectivity index is 2.21. The van der Waals surface area contributed by atoms with Gasteiger partial charge in [0.25, 0.3) is 0 Å². The lowest BCUT2D eigenvalue weighted by atomic mass is 10.0. The number of carbonyl (C=O) groups is 1. The van der Waals surface area contributed by atoms with E-state index in [1.54, 1.807) is 0 Å². The zero-order valence-electron chi connectivity index (χ0n) is 16.7. The molecule has 2 rings (SSSR count). The third-order valence-electron chi connectivity index (χ3n) is 5.34. The van der Waals surface area contributed by atoms with Gasteiger partial charge in [-0.2, -0.15) is 0 Å². The standard InChI is InChI=1S/C18H34O6Si/c1-8-25(9-2,10-3)24-13(11-19)15-16(23-18(6,7)22-15)14-12-20-17(4,5)21-14/h11,13-16H,8-10,12H2,1-7H3/t13-,14+,15-,16-/m1/s1. The summed E-state index contributed by atoms with van der Waals surface area (Å²) in [5.41, 5.74) is 0. The van der Waals surface area contributed by atoms with E-state index in [4.69, 9.17) is 23.4 Å². The summed E-state index contributed by atoms with van der Waals surface area (Å²) in [6.07, 6.45) is -0.957. The summed E-state index contributed by atoms with van der Waals surface area (Å²) >= 11 is 0. The minimum atomic E-state index is -1.95. The molecule has 2 fully saturated rings. The van der Waals surface area contributed by atoms with Crippen LogP contribution in [0.25, 0.3) is 0 Å². The number of aldehydes is 1. The van der Waals surface area contributed by atoms with Gasteiger partial charge in [-0.15, -0.1) is 0 Å². The van der Waals surface area contributed by atoms with Gasteiger partial charge >= 0.3 is 0 Å². The Kier molecular flexibility index (Phi) is 6.50. The Bertz CT molecular complexity index is 454. The van der Waals surface area contributed by atoms with Crippen molar-refractivity contribution >= 4 is 14.6 Å². The van der Waals surface area contributed by atoms with Crippen molar-refractivity contribution in [2.45, 2.75) is 103 Å². The second-order valence-electron chi connectivity index (χ2n) is 7.89. The highest BCUT2D eigenvalue weighted by atomic mass is 28.4. The van der Waals surface area contributed by atoms with Crippen LogP contribution in [0.4, 0.5) is 0 Å². The van der Waals surface area contributed by atoms with Crippen LogP contribution in [0.3, 0.4) is 0 Å².